The minimum atomic E-state index is -0.172. The number of aliphatic hydroxyl groups is 1. The number of aromatic nitrogens is 1. The van der Waals surface area contributed by atoms with Crippen molar-refractivity contribution in [2.75, 3.05) is 18.0 Å². The minimum Gasteiger partial charge on any atom is -0.389 e. The predicted octanol–water partition coefficient (Wildman–Crippen LogP) is 1.56. The Hall–Kier alpha value is -1.09. The second-order valence-electron chi connectivity index (χ2n) is 5.21. The van der Waals surface area contributed by atoms with Gasteiger partial charge in [0.2, 0.25) is 0 Å². The average Bonchev–Trinajstić information content (AvgIpc) is 2.12. The number of hydrogen-bond acceptors (Lipinski definition) is 3. The molecule has 1 N–H and O–H groups in total. The van der Waals surface area contributed by atoms with Crippen LogP contribution in [0.3, 0.4) is 0 Å². The third-order valence-electron chi connectivity index (χ3n) is 2.80. The van der Waals surface area contributed by atoms with Gasteiger partial charge in [0.25, 0.3) is 0 Å². The Morgan fingerprint density at radius 3 is 2.40 bits per heavy atom. The number of anilines is 1. The maximum absolute atomic E-state index is 9.19. The molecular formula is C12H18N2O. The van der Waals surface area contributed by atoms with Gasteiger partial charge in [0, 0.05) is 19.3 Å². The summed E-state index contributed by atoms with van der Waals surface area (Å²) < 4.78 is 0. The maximum atomic E-state index is 9.19. The molecule has 3 heteroatoms. The molecule has 0 unspecified atom stereocenters. The van der Waals surface area contributed by atoms with Crippen LogP contribution < -0.4 is 4.90 Å². The normalized spacial score (nSPS) is 17.7. The molecule has 0 saturated carbocycles. The molecule has 0 radical (unpaired) electrons. The smallest absolute Gasteiger partial charge is 0.128 e. The lowest BCUT2D eigenvalue weighted by atomic mass is 9.88. The summed E-state index contributed by atoms with van der Waals surface area (Å²) in [5.74, 6) is 0.966. The van der Waals surface area contributed by atoms with E-state index in [2.05, 4.69) is 36.7 Å². The highest BCUT2D eigenvalue weighted by Crippen LogP contribution is 2.24. The number of aliphatic hydroxyl groups excluding tert-OH is 1. The number of rotatable bonds is 1. The first kappa shape index (κ1) is 10.4. The Morgan fingerprint density at radius 1 is 1.33 bits per heavy atom. The standard InChI is InChI=1S/C12H18N2O/c1-12(2,3)9-4-5-11(13-6-9)14-7-10(15)8-14/h4-6,10,15H,7-8H2,1-3H3. The first-order valence-corrected chi connectivity index (χ1v) is 5.36. The number of nitrogens with zero attached hydrogens (tertiary/aromatic N) is 2. The van der Waals surface area contributed by atoms with Gasteiger partial charge in [-0.25, -0.2) is 4.98 Å². The fourth-order valence-electron chi connectivity index (χ4n) is 1.66. The first-order valence-electron chi connectivity index (χ1n) is 5.36. The molecule has 3 nitrogen and oxygen atoms in total. The molecule has 0 atom stereocenters. The molecule has 1 aromatic heterocycles. The van der Waals surface area contributed by atoms with Gasteiger partial charge in [0.05, 0.1) is 6.10 Å². The molecule has 0 amide bonds. The summed E-state index contributed by atoms with van der Waals surface area (Å²) in [4.78, 5) is 6.50. The summed E-state index contributed by atoms with van der Waals surface area (Å²) in [5.41, 5.74) is 1.40. The first-order chi connectivity index (χ1) is 6.97. The summed E-state index contributed by atoms with van der Waals surface area (Å²) in [6.07, 6.45) is 1.76. The fraction of sp³-hybridized carbons (Fsp3) is 0.583. The molecule has 1 fully saturated rings. The molecule has 2 rings (SSSR count). The zero-order valence-corrected chi connectivity index (χ0v) is 9.57. The van der Waals surface area contributed by atoms with Gasteiger partial charge in [-0.3, -0.25) is 0 Å². The molecule has 0 spiro atoms. The van der Waals surface area contributed by atoms with E-state index in [1.54, 1.807) is 0 Å². The van der Waals surface area contributed by atoms with Crippen molar-refractivity contribution in [2.45, 2.75) is 32.3 Å². The van der Waals surface area contributed by atoms with E-state index >= 15 is 0 Å². The number of pyridine rings is 1. The van der Waals surface area contributed by atoms with Crippen molar-refractivity contribution >= 4 is 5.82 Å². The Labute approximate surface area is 90.8 Å². The third kappa shape index (κ3) is 2.12. The lowest BCUT2D eigenvalue weighted by Gasteiger charge is -2.37. The molecule has 0 aliphatic carbocycles. The van der Waals surface area contributed by atoms with Crippen LogP contribution in [0.4, 0.5) is 5.82 Å². The summed E-state index contributed by atoms with van der Waals surface area (Å²) in [6, 6.07) is 4.15. The van der Waals surface area contributed by atoms with Crippen molar-refractivity contribution in [1.82, 2.24) is 4.98 Å². The van der Waals surface area contributed by atoms with E-state index in [-0.39, 0.29) is 11.5 Å². The van der Waals surface area contributed by atoms with Crippen LogP contribution in [-0.4, -0.2) is 29.3 Å². The number of hydrogen-bond donors (Lipinski definition) is 1. The molecular weight excluding hydrogens is 188 g/mol. The van der Waals surface area contributed by atoms with E-state index in [0.717, 1.165) is 5.82 Å². The SMILES string of the molecule is CC(C)(C)c1ccc(N2CC(O)C2)nc1. The topological polar surface area (TPSA) is 36.4 Å². The summed E-state index contributed by atoms with van der Waals surface area (Å²) in [6.45, 7) is 7.95. The van der Waals surface area contributed by atoms with E-state index in [9.17, 15) is 5.11 Å². The van der Waals surface area contributed by atoms with Crippen molar-refractivity contribution in [1.29, 1.82) is 0 Å². The van der Waals surface area contributed by atoms with E-state index in [4.69, 9.17) is 0 Å². The van der Waals surface area contributed by atoms with Gasteiger partial charge in [-0.05, 0) is 17.0 Å². The van der Waals surface area contributed by atoms with E-state index in [1.807, 2.05) is 12.3 Å². The minimum absolute atomic E-state index is 0.153. The monoisotopic (exact) mass is 206 g/mol. The van der Waals surface area contributed by atoms with Crippen LogP contribution in [0.5, 0.6) is 0 Å². The highest BCUT2D eigenvalue weighted by Gasteiger charge is 2.25. The molecule has 0 aromatic carbocycles. The van der Waals surface area contributed by atoms with Gasteiger partial charge < -0.3 is 10.0 Å². The molecule has 0 bridgehead atoms. The van der Waals surface area contributed by atoms with E-state index in [0.29, 0.717) is 13.1 Å². The summed E-state index contributed by atoms with van der Waals surface area (Å²) in [7, 11) is 0. The number of β-amino-alcohol motifs (C(OH)–C–C–N with tert-alkyl or cyclic N) is 1. The van der Waals surface area contributed by atoms with Gasteiger partial charge >= 0.3 is 0 Å². The van der Waals surface area contributed by atoms with Crippen molar-refractivity contribution in [3.63, 3.8) is 0 Å². The Morgan fingerprint density at radius 2 is 2.00 bits per heavy atom. The molecule has 1 aliphatic heterocycles. The average molecular weight is 206 g/mol. The van der Waals surface area contributed by atoms with Crippen LogP contribution in [-0.2, 0) is 5.41 Å². The zero-order valence-electron chi connectivity index (χ0n) is 9.57. The van der Waals surface area contributed by atoms with Crippen molar-refractivity contribution < 1.29 is 5.11 Å². The summed E-state index contributed by atoms with van der Waals surface area (Å²) in [5, 5.41) is 9.19. The molecule has 2 heterocycles. The Bertz CT molecular complexity index is 334. The maximum Gasteiger partial charge on any atom is 0.128 e. The van der Waals surface area contributed by atoms with Gasteiger partial charge in [-0.2, -0.15) is 0 Å². The lowest BCUT2D eigenvalue weighted by molar-refractivity contribution is 0.141. The van der Waals surface area contributed by atoms with Crippen LogP contribution in [0.2, 0.25) is 0 Å². The highest BCUT2D eigenvalue weighted by atomic mass is 16.3. The van der Waals surface area contributed by atoms with Crippen molar-refractivity contribution in [3.8, 4) is 0 Å². The van der Waals surface area contributed by atoms with Crippen LogP contribution in [0.1, 0.15) is 26.3 Å². The van der Waals surface area contributed by atoms with Crippen LogP contribution in [0.15, 0.2) is 18.3 Å². The second-order valence-corrected chi connectivity index (χ2v) is 5.21. The zero-order chi connectivity index (χ0) is 11.1. The summed E-state index contributed by atoms with van der Waals surface area (Å²) >= 11 is 0. The van der Waals surface area contributed by atoms with Crippen LogP contribution >= 0.6 is 0 Å². The Balaban J connectivity index is 2.11. The second kappa shape index (κ2) is 3.49. The van der Waals surface area contributed by atoms with Crippen molar-refractivity contribution in [3.05, 3.63) is 23.9 Å². The Kier molecular flexibility index (Phi) is 2.43. The molecule has 15 heavy (non-hydrogen) atoms. The van der Waals surface area contributed by atoms with Crippen molar-refractivity contribution in [2.24, 2.45) is 0 Å². The highest BCUT2D eigenvalue weighted by molar-refractivity contribution is 5.43. The molecule has 1 aromatic rings. The predicted molar refractivity (Wildman–Crippen MR) is 61.2 cm³/mol. The largest absolute Gasteiger partial charge is 0.389 e. The van der Waals surface area contributed by atoms with Gasteiger partial charge in [-0.15, -0.1) is 0 Å². The van der Waals surface area contributed by atoms with E-state index in [1.165, 1.54) is 5.56 Å². The quantitative estimate of drug-likeness (QED) is 0.757. The molecule has 82 valence electrons. The molecule has 1 aliphatic rings. The third-order valence-corrected chi connectivity index (χ3v) is 2.80. The fourth-order valence-corrected chi connectivity index (χ4v) is 1.66. The van der Waals surface area contributed by atoms with Crippen LogP contribution in [0.25, 0.3) is 0 Å². The van der Waals surface area contributed by atoms with E-state index < -0.39 is 0 Å². The van der Waals surface area contributed by atoms with Gasteiger partial charge in [-0.1, -0.05) is 26.8 Å². The lowest BCUT2D eigenvalue weighted by Crippen LogP contribution is -2.51. The van der Waals surface area contributed by atoms with Gasteiger partial charge in [0.1, 0.15) is 5.82 Å². The molecule has 1 saturated heterocycles. The van der Waals surface area contributed by atoms with Crippen LogP contribution in [0, 0.1) is 0 Å². The van der Waals surface area contributed by atoms with Gasteiger partial charge in [0.15, 0.2) is 0 Å².